The Balaban J connectivity index is 3.01. The maximum Gasteiger partial charge on any atom is 0.249 e. The van der Waals surface area contributed by atoms with Gasteiger partial charge in [-0.1, -0.05) is 0 Å². The third-order valence-corrected chi connectivity index (χ3v) is 2.01. The van der Waals surface area contributed by atoms with E-state index in [0.29, 0.717) is 11.3 Å². The molecule has 6 heteroatoms. The summed E-state index contributed by atoms with van der Waals surface area (Å²) in [5.74, 6) is -1.000. The Morgan fingerprint density at radius 1 is 1.53 bits per heavy atom. The third kappa shape index (κ3) is 2.42. The molecule has 1 aromatic heterocycles. The minimum absolute atomic E-state index is 0.190. The average molecular weight is 211 g/mol. The molecule has 6 N–H and O–H groups in total. The molecule has 0 aromatic carbocycles. The zero-order chi connectivity index (χ0) is 11.6. The standard InChI is InChI=1S/C9H13N3O3/c1-4-2-5(10)3-12-6(4)7(13)8(14)9(11)15/h2-3,7-8,13-14H,10H2,1H3,(H2,11,15). The predicted octanol–water partition coefficient (Wildman–Crippen LogP) is -1.15. The van der Waals surface area contributed by atoms with Crippen LogP contribution in [0.15, 0.2) is 12.3 Å². The van der Waals surface area contributed by atoms with Gasteiger partial charge in [-0.15, -0.1) is 0 Å². The van der Waals surface area contributed by atoms with Gasteiger partial charge in [-0.2, -0.15) is 0 Å². The molecule has 0 aliphatic carbocycles. The van der Waals surface area contributed by atoms with Crippen LogP contribution in [-0.2, 0) is 4.79 Å². The van der Waals surface area contributed by atoms with Gasteiger partial charge in [-0.3, -0.25) is 9.78 Å². The summed E-state index contributed by atoms with van der Waals surface area (Å²) in [6.45, 7) is 1.66. The van der Waals surface area contributed by atoms with Crippen molar-refractivity contribution in [2.45, 2.75) is 19.1 Å². The van der Waals surface area contributed by atoms with Crippen molar-refractivity contribution in [3.8, 4) is 0 Å². The number of aliphatic hydroxyl groups is 2. The molecule has 1 heterocycles. The highest BCUT2D eigenvalue weighted by molar-refractivity contribution is 5.79. The molecule has 2 atom stereocenters. The van der Waals surface area contributed by atoms with E-state index in [1.54, 1.807) is 13.0 Å². The monoisotopic (exact) mass is 211 g/mol. The number of primary amides is 1. The van der Waals surface area contributed by atoms with Crippen molar-refractivity contribution in [2.24, 2.45) is 5.73 Å². The van der Waals surface area contributed by atoms with E-state index in [4.69, 9.17) is 11.5 Å². The Morgan fingerprint density at radius 2 is 2.13 bits per heavy atom. The van der Waals surface area contributed by atoms with Crippen molar-refractivity contribution in [2.75, 3.05) is 5.73 Å². The number of amides is 1. The third-order valence-electron chi connectivity index (χ3n) is 2.01. The molecule has 0 fully saturated rings. The van der Waals surface area contributed by atoms with Gasteiger partial charge in [0.1, 0.15) is 6.10 Å². The number of pyridine rings is 1. The van der Waals surface area contributed by atoms with Gasteiger partial charge in [0.15, 0.2) is 6.10 Å². The number of nitrogens with zero attached hydrogens (tertiary/aromatic N) is 1. The summed E-state index contributed by atoms with van der Waals surface area (Å²) in [4.78, 5) is 14.5. The van der Waals surface area contributed by atoms with E-state index in [0.717, 1.165) is 0 Å². The van der Waals surface area contributed by atoms with Gasteiger partial charge in [-0.25, -0.2) is 0 Å². The fourth-order valence-electron chi connectivity index (χ4n) is 1.22. The first-order valence-corrected chi connectivity index (χ1v) is 4.31. The predicted molar refractivity (Wildman–Crippen MR) is 53.5 cm³/mol. The van der Waals surface area contributed by atoms with Crippen molar-refractivity contribution in [3.63, 3.8) is 0 Å². The molecule has 1 amide bonds. The first-order chi connectivity index (χ1) is 6.93. The van der Waals surface area contributed by atoms with Crippen LogP contribution in [0.1, 0.15) is 17.4 Å². The molecule has 2 unspecified atom stereocenters. The molecule has 6 nitrogen and oxygen atoms in total. The number of aliphatic hydroxyl groups excluding tert-OH is 2. The number of hydrogen-bond donors (Lipinski definition) is 4. The zero-order valence-electron chi connectivity index (χ0n) is 8.21. The molecule has 0 saturated carbocycles. The van der Waals surface area contributed by atoms with Crippen LogP contribution in [0.2, 0.25) is 0 Å². The number of carbonyl (C=O) groups is 1. The van der Waals surface area contributed by atoms with Crippen LogP contribution in [-0.4, -0.2) is 27.2 Å². The van der Waals surface area contributed by atoms with Crippen LogP contribution in [0.3, 0.4) is 0 Å². The van der Waals surface area contributed by atoms with Gasteiger partial charge in [0.05, 0.1) is 17.6 Å². The molecular formula is C9H13N3O3. The highest BCUT2D eigenvalue weighted by Crippen LogP contribution is 2.19. The first kappa shape index (κ1) is 11.4. The quantitative estimate of drug-likeness (QED) is 0.503. The van der Waals surface area contributed by atoms with Crippen molar-refractivity contribution in [1.82, 2.24) is 4.98 Å². The van der Waals surface area contributed by atoms with Crippen LogP contribution < -0.4 is 11.5 Å². The minimum atomic E-state index is -1.67. The molecule has 1 aromatic rings. The van der Waals surface area contributed by atoms with Crippen LogP contribution >= 0.6 is 0 Å². The molecule has 15 heavy (non-hydrogen) atoms. The van der Waals surface area contributed by atoms with Gasteiger partial charge in [0, 0.05) is 0 Å². The molecule has 0 aliphatic rings. The lowest BCUT2D eigenvalue weighted by Gasteiger charge is -2.16. The van der Waals surface area contributed by atoms with E-state index >= 15 is 0 Å². The largest absolute Gasteiger partial charge is 0.397 e. The molecule has 1 rings (SSSR count). The fourth-order valence-corrected chi connectivity index (χ4v) is 1.22. The molecule has 0 saturated heterocycles. The van der Waals surface area contributed by atoms with E-state index in [2.05, 4.69) is 4.98 Å². The van der Waals surface area contributed by atoms with E-state index < -0.39 is 18.1 Å². The summed E-state index contributed by atoms with van der Waals surface area (Å²) < 4.78 is 0. The summed E-state index contributed by atoms with van der Waals surface area (Å²) in [7, 11) is 0. The topological polar surface area (TPSA) is 122 Å². The molecule has 0 spiro atoms. The van der Waals surface area contributed by atoms with Gasteiger partial charge < -0.3 is 21.7 Å². The number of rotatable bonds is 3. The normalized spacial score (nSPS) is 14.6. The van der Waals surface area contributed by atoms with E-state index in [1.165, 1.54) is 6.20 Å². The average Bonchev–Trinajstić information content (AvgIpc) is 2.15. The maximum absolute atomic E-state index is 10.7. The number of anilines is 1. The van der Waals surface area contributed by atoms with Gasteiger partial charge in [0.25, 0.3) is 0 Å². The Morgan fingerprint density at radius 3 is 2.60 bits per heavy atom. The van der Waals surface area contributed by atoms with Crippen molar-refractivity contribution >= 4 is 11.6 Å². The molecule has 0 aliphatic heterocycles. The number of nitrogen functional groups attached to an aromatic ring is 1. The molecule has 0 radical (unpaired) electrons. The second-order valence-corrected chi connectivity index (χ2v) is 3.26. The lowest BCUT2D eigenvalue weighted by molar-refractivity contribution is -0.132. The highest BCUT2D eigenvalue weighted by Gasteiger charge is 2.25. The van der Waals surface area contributed by atoms with E-state index in [1.807, 2.05) is 0 Å². The van der Waals surface area contributed by atoms with Crippen LogP contribution in [0.5, 0.6) is 0 Å². The minimum Gasteiger partial charge on any atom is -0.397 e. The highest BCUT2D eigenvalue weighted by atomic mass is 16.3. The SMILES string of the molecule is Cc1cc(N)cnc1C(O)C(O)C(N)=O. The summed E-state index contributed by atoms with van der Waals surface area (Å²) in [6, 6.07) is 1.58. The summed E-state index contributed by atoms with van der Waals surface area (Å²) in [6.07, 6.45) is -1.76. The van der Waals surface area contributed by atoms with Crippen LogP contribution in [0, 0.1) is 6.92 Å². The molecule has 82 valence electrons. The summed E-state index contributed by atoms with van der Waals surface area (Å²) in [5.41, 5.74) is 11.5. The second kappa shape index (κ2) is 4.24. The lowest BCUT2D eigenvalue weighted by atomic mass is 10.1. The Kier molecular flexibility index (Phi) is 3.23. The smallest absolute Gasteiger partial charge is 0.249 e. The number of aryl methyl sites for hydroxylation is 1. The van der Waals surface area contributed by atoms with Gasteiger partial charge in [-0.05, 0) is 18.6 Å². The van der Waals surface area contributed by atoms with Gasteiger partial charge in [0.2, 0.25) is 5.91 Å². The van der Waals surface area contributed by atoms with Crippen molar-refractivity contribution in [3.05, 3.63) is 23.5 Å². The first-order valence-electron chi connectivity index (χ1n) is 4.31. The van der Waals surface area contributed by atoms with Crippen molar-refractivity contribution in [1.29, 1.82) is 0 Å². The van der Waals surface area contributed by atoms with Gasteiger partial charge >= 0.3 is 0 Å². The second-order valence-electron chi connectivity index (χ2n) is 3.26. The molecular weight excluding hydrogens is 198 g/mol. The summed E-state index contributed by atoms with van der Waals surface area (Å²) >= 11 is 0. The number of nitrogens with two attached hydrogens (primary N) is 2. The lowest BCUT2D eigenvalue weighted by Crippen LogP contribution is -2.34. The number of aromatic nitrogens is 1. The Labute approximate surface area is 86.5 Å². The van der Waals surface area contributed by atoms with Crippen LogP contribution in [0.4, 0.5) is 5.69 Å². The fraction of sp³-hybridized carbons (Fsp3) is 0.333. The number of hydrogen-bond acceptors (Lipinski definition) is 5. The maximum atomic E-state index is 10.7. The van der Waals surface area contributed by atoms with Crippen LogP contribution in [0.25, 0.3) is 0 Å². The summed E-state index contributed by atoms with van der Waals surface area (Å²) in [5, 5.41) is 18.8. The van der Waals surface area contributed by atoms with Crippen molar-refractivity contribution < 1.29 is 15.0 Å². The Hall–Kier alpha value is -1.66. The molecule has 0 bridgehead atoms. The van der Waals surface area contributed by atoms with E-state index in [9.17, 15) is 15.0 Å². The Bertz CT molecular complexity index is 381. The number of carbonyl (C=O) groups excluding carboxylic acids is 1. The van der Waals surface area contributed by atoms with E-state index in [-0.39, 0.29) is 5.69 Å². The zero-order valence-corrected chi connectivity index (χ0v) is 8.21.